The van der Waals surface area contributed by atoms with Crippen LogP contribution >= 0.6 is 12.2 Å². The van der Waals surface area contributed by atoms with Crippen LogP contribution in [0.25, 0.3) is 0 Å². The maximum Gasteiger partial charge on any atom is 0.119 e. The molecule has 0 bridgehead atoms. The lowest BCUT2D eigenvalue weighted by molar-refractivity contribution is 0.0598. The van der Waals surface area contributed by atoms with Crippen molar-refractivity contribution in [3.05, 3.63) is 29.8 Å². The third kappa shape index (κ3) is 6.29. The van der Waals surface area contributed by atoms with E-state index >= 15 is 0 Å². The summed E-state index contributed by atoms with van der Waals surface area (Å²) in [6.07, 6.45) is -1.03. The van der Waals surface area contributed by atoms with Crippen molar-refractivity contribution in [1.29, 1.82) is 0 Å². The molecule has 0 saturated carbocycles. The average molecular weight is 298 g/mol. The van der Waals surface area contributed by atoms with Crippen molar-refractivity contribution >= 4 is 17.2 Å². The van der Waals surface area contributed by atoms with Gasteiger partial charge in [-0.2, -0.15) is 0 Å². The number of nitrogens with zero attached hydrogens (tertiary/aromatic N) is 1. The maximum atomic E-state index is 9.85. The van der Waals surface area contributed by atoms with Gasteiger partial charge < -0.3 is 25.6 Å². The summed E-state index contributed by atoms with van der Waals surface area (Å²) in [6, 6.07) is 7.09. The fourth-order valence-electron chi connectivity index (χ4n) is 1.85. The highest BCUT2D eigenvalue weighted by molar-refractivity contribution is 7.80. The predicted octanol–water partition coefficient (Wildman–Crippen LogP) is 0.373. The van der Waals surface area contributed by atoms with Gasteiger partial charge in [-0.05, 0) is 38.2 Å². The van der Waals surface area contributed by atoms with Crippen molar-refractivity contribution in [1.82, 2.24) is 4.90 Å². The first-order valence-electron chi connectivity index (χ1n) is 6.46. The Hall–Kier alpha value is -1.21. The Morgan fingerprint density at radius 2 is 1.90 bits per heavy atom. The van der Waals surface area contributed by atoms with E-state index in [-0.39, 0.29) is 6.61 Å². The van der Waals surface area contributed by atoms with Gasteiger partial charge in [0.2, 0.25) is 0 Å². The number of ether oxygens (including phenoxy) is 1. The molecular formula is C14H22N2O3S. The zero-order chi connectivity index (χ0) is 15.1. The number of thiocarbonyl (C=S) groups is 1. The van der Waals surface area contributed by atoms with Gasteiger partial charge in [-0.3, -0.25) is 0 Å². The summed E-state index contributed by atoms with van der Waals surface area (Å²) in [5.41, 5.74) is 6.29. The Bertz CT molecular complexity index is 423. The van der Waals surface area contributed by atoms with Crippen LogP contribution in [0.2, 0.25) is 0 Å². The minimum Gasteiger partial charge on any atom is -0.491 e. The second-order valence-corrected chi connectivity index (χ2v) is 5.36. The van der Waals surface area contributed by atoms with Crippen LogP contribution in [0.4, 0.5) is 0 Å². The van der Waals surface area contributed by atoms with E-state index in [1.807, 2.05) is 11.9 Å². The molecule has 2 atom stereocenters. The first kappa shape index (κ1) is 16.8. The van der Waals surface area contributed by atoms with Crippen molar-refractivity contribution in [3.8, 4) is 5.75 Å². The van der Waals surface area contributed by atoms with E-state index in [0.717, 1.165) is 5.56 Å². The molecule has 2 unspecified atom stereocenters. The molecule has 0 saturated heterocycles. The van der Waals surface area contributed by atoms with Crippen LogP contribution in [-0.4, -0.2) is 59.1 Å². The summed E-state index contributed by atoms with van der Waals surface area (Å²) in [4.78, 5) is 2.20. The Kier molecular flexibility index (Phi) is 6.87. The standard InChI is InChI=1S/C14H22N2O3S/c1-10(17)7-16(2)8-12(18)9-19-13-5-3-11(4-6-13)14(15)20/h3-6,10,12,17-18H,7-9H2,1-2H3,(H2,15,20). The van der Waals surface area contributed by atoms with E-state index in [4.69, 9.17) is 22.7 Å². The van der Waals surface area contributed by atoms with Crippen molar-refractivity contribution in [3.63, 3.8) is 0 Å². The zero-order valence-corrected chi connectivity index (χ0v) is 12.6. The van der Waals surface area contributed by atoms with E-state index < -0.39 is 12.2 Å². The lowest BCUT2D eigenvalue weighted by atomic mass is 10.2. The summed E-state index contributed by atoms with van der Waals surface area (Å²) < 4.78 is 5.49. The van der Waals surface area contributed by atoms with Crippen molar-refractivity contribution in [2.24, 2.45) is 5.73 Å². The molecule has 1 aromatic rings. The third-order valence-corrected chi connectivity index (χ3v) is 2.92. The zero-order valence-electron chi connectivity index (χ0n) is 11.8. The van der Waals surface area contributed by atoms with Crippen molar-refractivity contribution in [2.75, 3.05) is 26.7 Å². The number of aliphatic hydroxyl groups is 2. The number of aliphatic hydroxyl groups excluding tert-OH is 2. The summed E-state index contributed by atoms with van der Waals surface area (Å²) in [6.45, 7) is 2.86. The van der Waals surface area contributed by atoms with Gasteiger partial charge in [0.15, 0.2) is 0 Å². The second-order valence-electron chi connectivity index (χ2n) is 4.92. The van der Waals surface area contributed by atoms with Gasteiger partial charge in [-0.1, -0.05) is 12.2 Å². The van der Waals surface area contributed by atoms with Gasteiger partial charge in [0.05, 0.1) is 6.10 Å². The lowest BCUT2D eigenvalue weighted by Gasteiger charge is -2.21. The molecule has 0 aliphatic heterocycles. The Balaban J connectivity index is 2.37. The molecule has 0 radical (unpaired) electrons. The molecule has 0 fully saturated rings. The molecule has 20 heavy (non-hydrogen) atoms. The highest BCUT2D eigenvalue weighted by Crippen LogP contribution is 2.12. The van der Waals surface area contributed by atoms with Crippen LogP contribution in [0.5, 0.6) is 5.75 Å². The number of benzene rings is 1. The molecule has 0 amide bonds. The summed E-state index contributed by atoms with van der Waals surface area (Å²) >= 11 is 4.86. The maximum absolute atomic E-state index is 9.85. The monoisotopic (exact) mass is 298 g/mol. The highest BCUT2D eigenvalue weighted by Gasteiger charge is 2.10. The van der Waals surface area contributed by atoms with Crippen LogP contribution in [0.1, 0.15) is 12.5 Å². The van der Waals surface area contributed by atoms with Gasteiger partial charge in [0.1, 0.15) is 23.4 Å². The molecule has 1 rings (SSSR count). The van der Waals surface area contributed by atoms with E-state index in [9.17, 15) is 10.2 Å². The number of nitrogens with two attached hydrogens (primary N) is 1. The molecule has 4 N–H and O–H groups in total. The van der Waals surface area contributed by atoms with Crippen LogP contribution in [-0.2, 0) is 0 Å². The number of likely N-dealkylation sites (N-methyl/N-ethyl adjacent to an activating group) is 1. The average Bonchev–Trinajstić information content (AvgIpc) is 2.35. The summed E-state index contributed by atoms with van der Waals surface area (Å²) in [7, 11) is 1.84. The molecule has 0 heterocycles. The van der Waals surface area contributed by atoms with Gasteiger partial charge in [-0.25, -0.2) is 0 Å². The molecule has 0 aliphatic carbocycles. The smallest absolute Gasteiger partial charge is 0.119 e. The van der Waals surface area contributed by atoms with E-state index in [0.29, 0.717) is 23.8 Å². The van der Waals surface area contributed by atoms with Gasteiger partial charge in [0.25, 0.3) is 0 Å². The molecule has 6 heteroatoms. The molecule has 0 aliphatic rings. The Morgan fingerprint density at radius 3 is 2.40 bits per heavy atom. The minimum absolute atomic E-state index is 0.191. The topological polar surface area (TPSA) is 79.0 Å². The summed E-state index contributed by atoms with van der Waals surface area (Å²) in [5, 5.41) is 19.1. The van der Waals surface area contributed by atoms with Gasteiger partial charge in [-0.15, -0.1) is 0 Å². The first-order chi connectivity index (χ1) is 9.38. The summed E-state index contributed by atoms with van der Waals surface area (Å²) in [5.74, 6) is 0.655. The van der Waals surface area contributed by atoms with E-state index in [1.165, 1.54) is 0 Å². The SMILES string of the molecule is CC(O)CN(C)CC(O)COc1ccc(C(N)=S)cc1. The van der Waals surface area contributed by atoms with Crippen molar-refractivity contribution in [2.45, 2.75) is 19.1 Å². The molecule has 1 aromatic carbocycles. The Morgan fingerprint density at radius 1 is 1.30 bits per heavy atom. The highest BCUT2D eigenvalue weighted by atomic mass is 32.1. The molecule has 0 aromatic heterocycles. The minimum atomic E-state index is -0.617. The fraction of sp³-hybridized carbons (Fsp3) is 0.500. The van der Waals surface area contributed by atoms with Gasteiger partial charge >= 0.3 is 0 Å². The molecule has 112 valence electrons. The fourth-order valence-corrected chi connectivity index (χ4v) is 1.98. The van der Waals surface area contributed by atoms with E-state index in [2.05, 4.69) is 0 Å². The second kappa shape index (κ2) is 8.16. The van der Waals surface area contributed by atoms with Gasteiger partial charge in [0, 0.05) is 18.7 Å². The van der Waals surface area contributed by atoms with Crippen LogP contribution in [0.3, 0.4) is 0 Å². The van der Waals surface area contributed by atoms with Crippen LogP contribution in [0.15, 0.2) is 24.3 Å². The number of hydrogen-bond donors (Lipinski definition) is 3. The Labute approximate surface area is 125 Å². The lowest BCUT2D eigenvalue weighted by Crippen LogP contribution is -2.36. The third-order valence-electron chi connectivity index (χ3n) is 2.68. The first-order valence-corrected chi connectivity index (χ1v) is 6.86. The van der Waals surface area contributed by atoms with E-state index in [1.54, 1.807) is 31.2 Å². The van der Waals surface area contributed by atoms with Crippen LogP contribution in [0, 0.1) is 0 Å². The molecule has 0 spiro atoms. The number of hydrogen-bond acceptors (Lipinski definition) is 5. The van der Waals surface area contributed by atoms with Crippen LogP contribution < -0.4 is 10.5 Å². The largest absolute Gasteiger partial charge is 0.491 e. The number of rotatable bonds is 8. The quantitative estimate of drug-likeness (QED) is 0.602. The van der Waals surface area contributed by atoms with Crippen molar-refractivity contribution < 1.29 is 14.9 Å². The molecule has 5 nitrogen and oxygen atoms in total. The molecular weight excluding hydrogens is 276 g/mol. The predicted molar refractivity (Wildman–Crippen MR) is 83.0 cm³/mol. The normalized spacial score (nSPS) is 14.1.